The molecule has 2 aliphatic rings. The van der Waals surface area contributed by atoms with Crippen molar-refractivity contribution in [2.24, 2.45) is 5.92 Å². The highest BCUT2D eigenvalue weighted by Crippen LogP contribution is 2.23. The number of ether oxygens (including phenoxy) is 1. The summed E-state index contributed by atoms with van der Waals surface area (Å²) in [4.78, 5) is 24.0. The fraction of sp³-hybridized carbons (Fsp3) is 0.500. The molecule has 1 N–H and O–H groups in total. The van der Waals surface area contributed by atoms with Crippen LogP contribution in [0.2, 0.25) is 0 Å². The van der Waals surface area contributed by atoms with Gasteiger partial charge < -0.3 is 15.0 Å². The van der Waals surface area contributed by atoms with E-state index in [1.54, 1.807) is 11.0 Å². The number of hydrogen-bond donors (Lipinski definition) is 1. The van der Waals surface area contributed by atoms with Crippen molar-refractivity contribution in [3.8, 4) is 6.07 Å². The minimum Gasteiger partial charge on any atom is -0.381 e. The number of urea groups is 1. The number of aromatic nitrogens is 2. The van der Waals surface area contributed by atoms with Crippen molar-refractivity contribution >= 4 is 6.03 Å². The monoisotopic (exact) mass is 437 g/mol. The Morgan fingerprint density at radius 3 is 2.94 bits per heavy atom. The number of rotatable bonds is 5. The molecule has 7 nitrogen and oxygen atoms in total. The summed E-state index contributed by atoms with van der Waals surface area (Å²) >= 11 is 0. The summed E-state index contributed by atoms with van der Waals surface area (Å²) in [5.74, 6) is 0.804. The highest BCUT2D eigenvalue weighted by Gasteiger charge is 2.25. The molecule has 1 fully saturated rings. The first kappa shape index (κ1) is 22.2. The topological polar surface area (TPSA) is 91.1 Å². The largest absolute Gasteiger partial charge is 0.381 e. The van der Waals surface area contributed by atoms with Crippen molar-refractivity contribution < 1.29 is 13.9 Å². The Balaban J connectivity index is 1.41. The predicted molar refractivity (Wildman–Crippen MR) is 116 cm³/mol. The third-order valence-electron chi connectivity index (χ3n) is 6.32. The maximum atomic E-state index is 14.0. The number of benzene rings is 1. The molecule has 0 unspecified atom stereocenters. The number of fused-ring (bicyclic) bond motifs is 1. The number of nitrogens with zero attached hydrogens (tertiary/aromatic N) is 4. The van der Waals surface area contributed by atoms with E-state index in [4.69, 9.17) is 15.0 Å². The van der Waals surface area contributed by atoms with Gasteiger partial charge in [-0.05, 0) is 54.9 Å². The number of nitrogens with one attached hydrogen (secondary N) is 1. The van der Waals surface area contributed by atoms with Crippen molar-refractivity contribution in [2.45, 2.75) is 51.6 Å². The van der Waals surface area contributed by atoms with Crippen LogP contribution in [0.1, 0.15) is 60.4 Å². The van der Waals surface area contributed by atoms with E-state index in [1.807, 2.05) is 19.2 Å². The Bertz CT molecular complexity index is 1020. The van der Waals surface area contributed by atoms with E-state index in [0.717, 1.165) is 49.6 Å². The average Bonchev–Trinajstić information content (AvgIpc) is 2.82. The maximum absolute atomic E-state index is 14.0. The number of carbonyl (C=O) groups excluding carboxylic acids is 1. The van der Waals surface area contributed by atoms with Crippen LogP contribution in [0.15, 0.2) is 24.4 Å². The molecular weight excluding hydrogens is 409 g/mol. The molecule has 2 aliphatic heterocycles. The molecule has 32 heavy (non-hydrogen) atoms. The molecule has 0 aliphatic carbocycles. The lowest BCUT2D eigenvalue weighted by Gasteiger charge is -2.30. The predicted octanol–water partition coefficient (Wildman–Crippen LogP) is 3.68. The van der Waals surface area contributed by atoms with Gasteiger partial charge >= 0.3 is 6.03 Å². The highest BCUT2D eigenvalue weighted by atomic mass is 19.1. The van der Waals surface area contributed by atoms with Crippen molar-refractivity contribution in [1.82, 2.24) is 20.2 Å². The summed E-state index contributed by atoms with van der Waals surface area (Å²) in [5, 5.41) is 11.9. The normalized spacial score (nSPS) is 17.3. The molecule has 0 bridgehead atoms. The van der Waals surface area contributed by atoms with Crippen molar-refractivity contribution in [1.29, 1.82) is 5.26 Å². The lowest BCUT2D eigenvalue weighted by atomic mass is 9.96. The van der Waals surface area contributed by atoms with Crippen molar-refractivity contribution in [2.75, 3.05) is 19.8 Å². The Morgan fingerprint density at radius 1 is 1.41 bits per heavy atom. The lowest BCUT2D eigenvalue weighted by Crippen LogP contribution is -2.44. The summed E-state index contributed by atoms with van der Waals surface area (Å²) in [6.45, 7) is 4.54. The summed E-state index contributed by atoms with van der Waals surface area (Å²) in [6, 6.07) is 5.76. The fourth-order valence-corrected chi connectivity index (χ4v) is 4.33. The first-order valence-electron chi connectivity index (χ1n) is 11.2. The summed E-state index contributed by atoms with van der Waals surface area (Å²) < 4.78 is 19.5. The third-order valence-corrected chi connectivity index (χ3v) is 6.32. The third kappa shape index (κ3) is 5.05. The smallest absolute Gasteiger partial charge is 0.318 e. The zero-order chi connectivity index (χ0) is 22.5. The number of halogens is 1. The van der Waals surface area contributed by atoms with E-state index in [9.17, 15) is 9.18 Å². The molecule has 0 radical (unpaired) electrons. The Morgan fingerprint density at radius 2 is 2.22 bits per heavy atom. The van der Waals surface area contributed by atoms with Crippen LogP contribution in [0.5, 0.6) is 0 Å². The van der Waals surface area contributed by atoms with E-state index in [-0.39, 0.29) is 17.6 Å². The van der Waals surface area contributed by atoms with Crippen molar-refractivity contribution in [3.05, 3.63) is 58.4 Å². The van der Waals surface area contributed by atoms with Gasteiger partial charge in [0.2, 0.25) is 0 Å². The second kappa shape index (κ2) is 10.0. The molecule has 3 heterocycles. The summed E-state index contributed by atoms with van der Waals surface area (Å²) in [6.07, 6.45) is 6.12. The molecule has 2 aromatic rings. The van der Waals surface area contributed by atoms with E-state index in [0.29, 0.717) is 37.4 Å². The van der Waals surface area contributed by atoms with Gasteiger partial charge in [-0.3, -0.25) is 0 Å². The standard InChI is InChI=1S/C24H28FN5O2/c1-2-21(17-3-4-18(13-26)20(25)12-17)29-24(31)30-8-5-19-14-27-23(28-22(19)15-30)11-16-6-9-32-10-7-16/h3-4,12,14,16,21H,2,5-11,15H2,1H3,(H,29,31)/t21-/m1/s1. The molecule has 1 atom stereocenters. The lowest BCUT2D eigenvalue weighted by molar-refractivity contribution is 0.0659. The Labute approximate surface area is 187 Å². The van der Waals surface area contributed by atoms with Gasteiger partial charge in [-0.1, -0.05) is 13.0 Å². The fourth-order valence-electron chi connectivity index (χ4n) is 4.33. The molecule has 168 valence electrons. The Kier molecular flexibility index (Phi) is 6.96. The van der Waals surface area contributed by atoms with Crippen LogP contribution >= 0.6 is 0 Å². The van der Waals surface area contributed by atoms with Gasteiger partial charge in [0.1, 0.15) is 17.7 Å². The second-order valence-electron chi connectivity index (χ2n) is 8.45. The molecule has 0 saturated carbocycles. The summed E-state index contributed by atoms with van der Waals surface area (Å²) in [7, 11) is 0. The molecule has 0 spiro atoms. The number of carbonyl (C=O) groups is 1. The molecule has 4 rings (SSSR count). The van der Waals surface area contributed by atoms with E-state index in [1.165, 1.54) is 12.1 Å². The van der Waals surface area contributed by atoms with Crippen molar-refractivity contribution in [3.63, 3.8) is 0 Å². The first-order chi connectivity index (χ1) is 15.6. The SMILES string of the molecule is CC[C@@H](NC(=O)N1CCc2cnc(CC3CCOCC3)nc2C1)c1ccc(C#N)c(F)c1. The van der Waals surface area contributed by atoms with Gasteiger partial charge in [0.25, 0.3) is 0 Å². The van der Waals surface area contributed by atoms with Crippen LogP contribution in [-0.2, 0) is 24.1 Å². The molecular formula is C24H28FN5O2. The van der Waals surface area contributed by atoms with Crippen LogP contribution < -0.4 is 5.32 Å². The van der Waals surface area contributed by atoms with Crippen LogP contribution in [-0.4, -0.2) is 40.7 Å². The molecule has 1 aromatic carbocycles. The summed E-state index contributed by atoms with van der Waals surface area (Å²) in [5.41, 5.74) is 2.64. The number of amides is 2. The van der Waals surface area contributed by atoms with E-state index < -0.39 is 5.82 Å². The van der Waals surface area contributed by atoms with Gasteiger partial charge in [-0.15, -0.1) is 0 Å². The van der Waals surface area contributed by atoms with Gasteiger partial charge in [-0.2, -0.15) is 5.26 Å². The Hall–Kier alpha value is -3.05. The van der Waals surface area contributed by atoms with Crippen LogP contribution in [0.3, 0.4) is 0 Å². The molecule has 1 aromatic heterocycles. The van der Waals surface area contributed by atoms with Gasteiger partial charge in [0.15, 0.2) is 0 Å². The van der Waals surface area contributed by atoms with Gasteiger partial charge in [-0.25, -0.2) is 19.2 Å². The molecule has 2 amide bonds. The molecule has 1 saturated heterocycles. The van der Waals surface area contributed by atoms with Gasteiger partial charge in [0, 0.05) is 32.4 Å². The zero-order valence-corrected chi connectivity index (χ0v) is 18.3. The molecule has 8 heteroatoms. The maximum Gasteiger partial charge on any atom is 0.318 e. The van der Waals surface area contributed by atoms with Crippen LogP contribution in [0.25, 0.3) is 0 Å². The minimum absolute atomic E-state index is 0.00110. The zero-order valence-electron chi connectivity index (χ0n) is 18.3. The highest BCUT2D eigenvalue weighted by molar-refractivity contribution is 5.75. The number of nitriles is 1. The second-order valence-corrected chi connectivity index (χ2v) is 8.45. The number of hydrogen-bond acceptors (Lipinski definition) is 5. The first-order valence-corrected chi connectivity index (χ1v) is 11.2. The van der Waals surface area contributed by atoms with Crippen LogP contribution in [0.4, 0.5) is 9.18 Å². The minimum atomic E-state index is -0.571. The van der Waals surface area contributed by atoms with E-state index in [2.05, 4.69) is 10.3 Å². The van der Waals surface area contributed by atoms with Crippen LogP contribution in [0, 0.1) is 23.1 Å². The van der Waals surface area contributed by atoms with E-state index >= 15 is 0 Å². The average molecular weight is 438 g/mol. The quantitative estimate of drug-likeness (QED) is 0.771. The van der Waals surface area contributed by atoms with Gasteiger partial charge in [0.05, 0.1) is 23.8 Å².